The Kier molecular flexibility index (Phi) is 5.70. The molecule has 1 heterocycles. The molecule has 0 amide bonds. The van der Waals surface area contributed by atoms with Crippen LogP contribution in [0.5, 0.6) is 0 Å². The van der Waals surface area contributed by atoms with E-state index >= 15 is 0 Å². The van der Waals surface area contributed by atoms with E-state index in [-0.39, 0.29) is 0 Å². The van der Waals surface area contributed by atoms with E-state index in [1.807, 2.05) is 0 Å². The molecule has 2 aliphatic rings. The Balaban J connectivity index is 1.85. The van der Waals surface area contributed by atoms with Crippen LogP contribution < -0.4 is 5.73 Å². The monoisotopic (exact) mass is 266 g/mol. The van der Waals surface area contributed by atoms with Gasteiger partial charge < -0.3 is 5.73 Å². The van der Waals surface area contributed by atoms with Crippen LogP contribution in [0.1, 0.15) is 71.6 Å². The minimum absolute atomic E-state index is 0.540. The maximum Gasteiger partial charge on any atom is 0.0221 e. The van der Waals surface area contributed by atoms with E-state index in [0.717, 1.165) is 12.5 Å². The van der Waals surface area contributed by atoms with Gasteiger partial charge in [0.15, 0.2) is 0 Å². The summed E-state index contributed by atoms with van der Waals surface area (Å²) in [7, 11) is 0. The topological polar surface area (TPSA) is 29.3 Å². The molecule has 1 saturated heterocycles. The lowest BCUT2D eigenvalue weighted by atomic mass is 9.84. The second kappa shape index (κ2) is 7.08. The van der Waals surface area contributed by atoms with Crippen LogP contribution in [-0.4, -0.2) is 30.6 Å². The van der Waals surface area contributed by atoms with Crippen molar-refractivity contribution in [3.05, 3.63) is 0 Å². The molecule has 1 aliphatic carbocycles. The normalized spacial score (nSPS) is 27.9. The summed E-state index contributed by atoms with van der Waals surface area (Å²) < 4.78 is 0. The molecule has 0 spiro atoms. The molecule has 1 atom stereocenters. The van der Waals surface area contributed by atoms with Gasteiger partial charge in [-0.25, -0.2) is 0 Å². The van der Waals surface area contributed by atoms with Gasteiger partial charge in [0, 0.05) is 12.6 Å². The molecule has 2 rings (SSSR count). The molecule has 19 heavy (non-hydrogen) atoms. The van der Waals surface area contributed by atoms with Crippen molar-refractivity contribution in [2.45, 2.75) is 77.7 Å². The van der Waals surface area contributed by atoms with E-state index in [2.05, 4.69) is 18.7 Å². The van der Waals surface area contributed by atoms with Crippen molar-refractivity contribution < 1.29 is 0 Å². The highest BCUT2D eigenvalue weighted by Gasteiger charge is 2.28. The Bertz CT molecular complexity index is 256. The Labute approximate surface area is 120 Å². The molecule has 1 aliphatic heterocycles. The first-order valence-corrected chi connectivity index (χ1v) is 8.55. The predicted octanol–water partition coefficient (Wildman–Crippen LogP) is 3.80. The van der Waals surface area contributed by atoms with Crippen molar-refractivity contribution in [1.29, 1.82) is 0 Å². The van der Waals surface area contributed by atoms with Gasteiger partial charge in [0.2, 0.25) is 0 Å². The summed E-state index contributed by atoms with van der Waals surface area (Å²) in [5.74, 6) is 0.957. The first-order chi connectivity index (χ1) is 9.11. The van der Waals surface area contributed by atoms with Crippen LogP contribution in [0.4, 0.5) is 0 Å². The fourth-order valence-corrected chi connectivity index (χ4v) is 4.01. The van der Waals surface area contributed by atoms with Crippen LogP contribution in [0.25, 0.3) is 0 Å². The fourth-order valence-electron chi connectivity index (χ4n) is 4.01. The molecule has 0 aromatic heterocycles. The molecule has 2 fully saturated rings. The van der Waals surface area contributed by atoms with Gasteiger partial charge in [-0.3, -0.25) is 4.90 Å². The van der Waals surface area contributed by atoms with E-state index in [0.29, 0.717) is 11.5 Å². The Hall–Kier alpha value is -0.0800. The smallest absolute Gasteiger partial charge is 0.0221 e. The molecule has 0 bridgehead atoms. The number of hydrogen-bond acceptors (Lipinski definition) is 2. The second-order valence-electron chi connectivity index (χ2n) is 7.68. The third-order valence-corrected chi connectivity index (χ3v) is 5.49. The van der Waals surface area contributed by atoms with Gasteiger partial charge >= 0.3 is 0 Å². The highest BCUT2D eigenvalue weighted by molar-refractivity contribution is 4.83. The zero-order valence-electron chi connectivity index (χ0n) is 13.2. The summed E-state index contributed by atoms with van der Waals surface area (Å²) >= 11 is 0. The Morgan fingerprint density at radius 2 is 1.79 bits per heavy atom. The summed E-state index contributed by atoms with van der Waals surface area (Å²) in [6, 6.07) is 0.650. The van der Waals surface area contributed by atoms with Crippen molar-refractivity contribution in [2.24, 2.45) is 17.1 Å². The van der Waals surface area contributed by atoms with Gasteiger partial charge in [-0.2, -0.15) is 0 Å². The molecule has 0 aromatic rings. The lowest BCUT2D eigenvalue weighted by molar-refractivity contribution is 0.159. The Morgan fingerprint density at radius 1 is 1.05 bits per heavy atom. The van der Waals surface area contributed by atoms with E-state index in [1.54, 1.807) is 0 Å². The first kappa shape index (κ1) is 15.3. The summed E-state index contributed by atoms with van der Waals surface area (Å²) in [4.78, 5) is 2.71. The first-order valence-electron chi connectivity index (χ1n) is 8.55. The van der Waals surface area contributed by atoms with Crippen LogP contribution >= 0.6 is 0 Å². The maximum absolute atomic E-state index is 6.10. The van der Waals surface area contributed by atoms with Crippen LogP contribution in [0.3, 0.4) is 0 Å². The molecule has 1 unspecified atom stereocenters. The van der Waals surface area contributed by atoms with Crippen LogP contribution in [0.2, 0.25) is 0 Å². The molecular weight excluding hydrogens is 232 g/mol. The quantitative estimate of drug-likeness (QED) is 0.838. The average molecular weight is 266 g/mol. The molecule has 0 radical (unpaired) electrons. The molecule has 2 heteroatoms. The van der Waals surface area contributed by atoms with Gasteiger partial charge in [0.05, 0.1) is 0 Å². The molecule has 2 nitrogen and oxygen atoms in total. The number of nitrogens with zero attached hydrogens (tertiary/aromatic N) is 1. The minimum Gasteiger partial charge on any atom is -0.329 e. The maximum atomic E-state index is 6.10. The number of hydrogen-bond donors (Lipinski definition) is 1. The second-order valence-corrected chi connectivity index (χ2v) is 7.68. The van der Waals surface area contributed by atoms with Gasteiger partial charge in [-0.1, -0.05) is 46.0 Å². The van der Waals surface area contributed by atoms with Gasteiger partial charge in [-0.05, 0) is 50.1 Å². The van der Waals surface area contributed by atoms with E-state index in [9.17, 15) is 0 Å². The van der Waals surface area contributed by atoms with Crippen molar-refractivity contribution in [3.63, 3.8) is 0 Å². The minimum atomic E-state index is 0.540. The highest BCUT2D eigenvalue weighted by atomic mass is 15.2. The summed E-state index contributed by atoms with van der Waals surface area (Å²) in [5.41, 5.74) is 6.64. The average Bonchev–Trinajstić information content (AvgIpc) is 2.58. The Morgan fingerprint density at radius 3 is 2.47 bits per heavy atom. The third kappa shape index (κ3) is 4.75. The fraction of sp³-hybridized carbons (Fsp3) is 1.00. The molecule has 0 aromatic carbocycles. The van der Waals surface area contributed by atoms with Crippen molar-refractivity contribution in [1.82, 2.24) is 4.90 Å². The highest BCUT2D eigenvalue weighted by Crippen LogP contribution is 2.32. The molecule has 112 valence electrons. The van der Waals surface area contributed by atoms with Gasteiger partial charge in [-0.15, -0.1) is 0 Å². The van der Waals surface area contributed by atoms with Crippen LogP contribution in [-0.2, 0) is 0 Å². The number of rotatable bonds is 4. The van der Waals surface area contributed by atoms with Crippen molar-refractivity contribution >= 4 is 0 Å². The summed E-state index contributed by atoms with van der Waals surface area (Å²) in [6.07, 6.45) is 12.7. The molecule has 1 saturated carbocycles. The van der Waals surface area contributed by atoms with E-state index in [1.165, 1.54) is 70.9 Å². The molecule has 2 N–H and O–H groups in total. The van der Waals surface area contributed by atoms with E-state index < -0.39 is 0 Å². The zero-order chi connectivity index (χ0) is 13.7. The van der Waals surface area contributed by atoms with Crippen molar-refractivity contribution in [2.75, 3.05) is 19.6 Å². The number of nitrogens with two attached hydrogens (primary N) is 1. The SMILES string of the molecule is CC1(C)CCCN(C(CN)CC2CCCCC2)CC1. The van der Waals surface area contributed by atoms with Crippen LogP contribution in [0.15, 0.2) is 0 Å². The van der Waals surface area contributed by atoms with E-state index in [4.69, 9.17) is 5.73 Å². The van der Waals surface area contributed by atoms with Crippen molar-refractivity contribution in [3.8, 4) is 0 Å². The van der Waals surface area contributed by atoms with Crippen LogP contribution in [0, 0.1) is 11.3 Å². The number of likely N-dealkylation sites (tertiary alicyclic amines) is 1. The van der Waals surface area contributed by atoms with Gasteiger partial charge in [0.1, 0.15) is 0 Å². The zero-order valence-corrected chi connectivity index (χ0v) is 13.2. The molecular formula is C17H34N2. The summed E-state index contributed by atoms with van der Waals surface area (Å²) in [6.45, 7) is 8.25. The standard InChI is InChI=1S/C17H34N2/c1-17(2)9-6-11-19(12-10-17)16(14-18)13-15-7-4-3-5-8-15/h15-16H,3-14,18H2,1-2H3. The lowest BCUT2D eigenvalue weighted by Gasteiger charge is -2.34. The third-order valence-electron chi connectivity index (χ3n) is 5.49. The van der Waals surface area contributed by atoms with Gasteiger partial charge in [0.25, 0.3) is 0 Å². The predicted molar refractivity (Wildman–Crippen MR) is 83.2 cm³/mol. The summed E-state index contributed by atoms with van der Waals surface area (Å²) in [5, 5.41) is 0. The largest absolute Gasteiger partial charge is 0.329 e. The lowest BCUT2D eigenvalue weighted by Crippen LogP contribution is -2.42.